The number of carbonyl (C=O) groups excluding carboxylic acids is 1. The molecule has 4 rings (SSSR count). The summed E-state index contributed by atoms with van der Waals surface area (Å²) < 4.78 is 3.66. The molecule has 2 aromatic heterocycles. The minimum Gasteiger partial charge on any atom is -0.318 e. The quantitative estimate of drug-likeness (QED) is 0.461. The fourth-order valence-electron chi connectivity index (χ4n) is 2.45. The number of aromatic nitrogens is 2. The van der Waals surface area contributed by atoms with Crippen LogP contribution in [0.25, 0.3) is 20.4 Å². The number of hydrogen-bond donors (Lipinski definition) is 0. The highest BCUT2D eigenvalue weighted by Gasteiger charge is 2.11. The van der Waals surface area contributed by atoms with E-state index < -0.39 is 0 Å². The molecule has 1 amide bonds. The number of rotatable bonds is 1. The summed E-state index contributed by atoms with van der Waals surface area (Å²) in [6, 6.07) is 8.89. The number of nitrogens with zero attached hydrogens (tertiary/aromatic N) is 3. The number of carbonyl (C=O) groups is 1. The van der Waals surface area contributed by atoms with Gasteiger partial charge in [0.2, 0.25) is 0 Å². The van der Waals surface area contributed by atoms with Crippen molar-refractivity contribution in [2.45, 2.75) is 0 Å². The number of fused-ring (bicyclic) bond motifs is 2. The maximum absolute atomic E-state index is 12.5. The first-order valence-electron chi connectivity index (χ1n) is 6.90. The van der Waals surface area contributed by atoms with Crippen LogP contribution < -0.4 is 4.80 Å². The lowest BCUT2D eigenvalue weighted by atomic mass is 10.2. The SMILES string of the molecule is Cn1c(=NC(=O)c2ccc3ncsc3c2)sc2cc(Cl)cc(Cl)c21. The maximum Gasteiger partial charge on any atom is 0.279 e. The van der Waals surface area contributed by atoms with Crippen molar-refractivity contribution in [3.05, 3.63) is 56.3 Å². The molecule has 2 heterocycles. The van der Waals surface area contributed by atoms with Crippen molar-refractivity contribution >= 4 is 72.2 Å². The van der Waals surface area contributed by atoms with Gasteiger partial charge in [0, 0.05) is 17.6 Å². The van der Waals surface area contributed by atoms with Gasteiger partial charge in [-0.1, -0.05) is 34.5 Å². The number of amides is 1. The molecule has 0 unspecified atom stereocenters. The summed E-state index contributed by atoms with van der Waals surface area (Å²) in [6.45, 7) is 0. The molecule has 0 aliphatic carbocycles. The number of hydrogen-bond acceptors (Lipinski definition) is 4. The third kappa shape index (κ3) is 2.65. The first kappa shape index (κ1) is 15.8. The molecule has 4 nitrogen and oxygen atoms in total. The van der Waals surface area contributed by atoms with E-state index in [9.17, 15) is 4.79 Å². The first-order chi connectivity index (χ1) is 11.5. The Labute approximate surface area is 154 Å². The second-order valence-corrected chi connectivity index (χ2v) is 7.87. The molecule has 0 aliphatic rings. The lowest BCUT2D eigenvalue weighted by Crippen LogP contribution is -2.13. The van der Waals surface area contributed by atoms with Gasteiger partial charge in [0.25, 0.3) is 5.91 Å². The van der Waals surface area contributed by atoms with Gasteiger partial charge in [-0.3, -0.25) is 4.79 Å². The van der Waals surface area contributed by atoms with Crippen LogP contribution in [-0.4, -0.2) is 15.5 Å². The van der Waals surface area contributed by atoms with E-state index in [0.29, 0.717) is 20.4 Å². The fraction of sp³-hybridized carbons (Fsp3) is 0.0625. The highest BCUT2D eigenvalue weighted by Crippen LogP contribution is 2.29. The van der Waals surface area contributed by atoms with Crippen molar-refractivity contribution in [3.63, 3.8) is 0 Å². The second-order valence-electron chi connectivity index (χ2n) is 5.13. The van der Waals surface area contributed by atoms with Gasteiger partial charge >= 0.3 is 0 Å². The zero-order valence-electron chi connectivity index (χ0n) is 12.3. The molecule has 8 heteroatoms. The zero-order chi connectivity index (χ0) is 16.8. The molecule has 0 radical (unpaired) electrons. The molecule has 4 aromatic rings. The minimum absolute atomic E-state index is 0.297. The van der Waals surface area contributed by atoms with Gasteiger partial charge in [-0.25, -0.2) is 4.98 Å². The van der Waals surface area contributed by atoms with Gasteiger partial charge in [-0.2, -0.15) is 4.99 Å². The van der Waals surface area contributed by atoms with Gasteiger partial charge in [0.15, 0.2) is 4.80 Å². The average Bonchev–Trinajstić information content (AvgIpc) is 3.11. The van der Waals surface area contributed by atoms with Crippen molar-refractivity contribution in [2.75, 3.05) is 0 Å². The van der Waals surface area contributed by atoms with Crippen LogP contribution in [0.5, 0.6) is 0 Å². The van der Waals surface area contributed by atoms with Crippen LogP contribution in [0.4, 0.5) is 0 Å². The highest BCUT2D eigenvalue weighted by molar-refractivity contribution is 7.17. The Kier molecular flexibility index (Phi) is 3.92. The summed E-state index contributed by atoms with van der Waals surface area (Å²) in [5.74, 6) is -0.297. The number of thiazole rings is 2. The number of halogens is 2. The molecule has 120 valence electrons. The summed E-state index contributed by atoms with van der Waals surface area (Å²) in [6.07, 6.45) is 0. The predicted molar refractivity (Wildman–Crippen MR) is 100 cm³/mol. The van der Waals surface area contributed by atoms with Gasteiger partial charge < -0.3 is 4.57 Å². The van der Waals surface area contributed by atoms with E-state index in [1.165, 1.54) is 22.7 Å². The molecule has 2 aromatic carbocycles. The summed E-state index contributed by atoms with van der Waals surface area (Å²) >= 11 is 15.2. The van der Waals surface area contributed by atoms with E-state index in [-0.39, 0.29) is 5.91 Å². The Balaban J connectivity index is 1.85. The van der Waals surface area contributed by atoms with E-state index >= 15 is 0 Å². The van der Waals surface area contributed by atoms with E-state index in [0.717, 1.165) is 20.4 Å². The molecule has 0 atom stereocenters. The highest BCUT2D eigenvalue weighted by atomic mass is 35.5. The number of benzene rings is 2. The lowest BCUT2D eigenvalue weighted by molar-refractivity contribution is 0.0998. The molecule has 0 saturated heterocycles. The molecule has 24 heavy (non-hydrogen) atoms. The molecule has 0 aliphatic heterocycles. The zero-order valence-corrected chi connectivity index (χ0v) is 15.4. The van der Waals surface area contributed by atoms with Crippen LogP contribution in [0.15, 0.2) is 40.8 Å². The summed E-state index contributed by atoms with van der Waals surface area (Å²) in [4.78, 5) is 21.5. The van der Waals surface area contributed by atoms with Crippen LogP contribution in [0.1, 0.15) is 10.4 Å². The standard InChI is InChI=1S/C16H9Cl2N3OS2/c1-21-14-10(18)5-9(17)6-13(14)24-16(21)20-15(22)8-2-3-11-12(4-8)23-7-19-11/h2-7H,1H3. The minimum atomic E-state index is -0.297. The molecule has 0 saturated carbocycles. The molecule has 0 spiro atoms. The Morgan fingerprint density at radius 2 is 2.04 bits per heavy atom. The Morgan fingerprint density at radius 3 is 2.88 bits per heavy atom. The van der Waals surface area contributed by atoms with Gasteiger partial charge in [-0.05, 0) is 30.3 Å². The fourth-order valence-corrected chi connectivity index (χ4v) is 4.99. The number of aryl methyl sites for hydroxylation is 1. The monoisotopic (exact) mass is 393 g/mol. The average molecular weight is 394 g/mol. The van der Waals surface area contributed by atoms with Crippen LogP contribution in [0, 0.1) is 0 Å². The maximum atomic E-state index is 12.5. The van der Waals surface area contributed by atoms with Crippen molar-refractivity contribution in [1.82, 2.24) is 9.55 Å². The van der Waals surface area contributed by atoms with Gasteiger partial charge in [-0.15, -0.1) is 11.3 Å². The smallest absolute Gasteiger partial charge is 0.279 e. The van der Waals surface area contributed by atoms with Gasteiger partial charge in [0.05, 0.1) is 31.0 Å². The van der Waals surface area contributed by atoms with E-state index in [2.05, 4.69) is 9.98 Å². The Bertz CT molecular complexity index is 1170. The predicted octanol–water partition coefficient (Wildman–Crippen LogP) is 4.90. The van der Waals surface area contributed by atoms with Crippen LogP contribution in [-0.2, 0) is 7.05 Å². The lowest BCUT2D eigenvalue weighted by Gasteiger charge is -1.99. The summed E-state index contributed by atoms with van der Waals surface area (Å²) in [5, 5.41) is 1.10. The summed E-state index contributed by atoms with van der Waals surface area (Å²) in [7, 11) is 1.83. The van der Waals surface area contributed by atoms with E-state index in [4.69, 9.17) is 23.2 Å². The Hall–Kier alpha value is -1.73. The van der Waals surface area contributed by atoms with Crippen molar-refractivity contribution < 1.29 is 4.79 Å². The summed E-state index contributed by atoms with van der Waals surface area (Å²) in [5.41, 5.74) is 3.99. The van der Waals surface area contributed by atoms with Gasteiger partial charge in [0.1, 0.15) is 0 Å². The molecular formula is C16H9Cl2N3OS2. The van der Waals surface area contributed by atoms with E-state index in [1.807, 2.05) is 29.8 Å². The molecule has 0 fully saturated rings. The van der Waals surface area contributed by atoms with Crippen LogP contribution >= 0.6 is 45.9 Å². The third-order valence-electron chi connectivity index (χ3n) is 3.59. The van der Waals surface area contributed by atoms with Crippen LogP contribution in [0.3, 0.4) is 0 Å². The Morgan fingerprint density at radius 1 is 1.21 bits per heavy atom. The normalized spacial score (nSPS) is 12.4. The topological polar surface area (TPSA) is 47.2 Å². The first-order valence-corrected chi connectivity index (χ1v) is 9.35. The third-order valence-corrected chi connectivity index (χ3v) is 5.97. The van der Waals surface area contributed by atoms with Crippen molar-refractivity contribution in [2.24, 2.45) is 12.0 Å². The van der Waals surface area contributed by atoms with E-state index in [1.54, 1.807) is 17.6 Å². The second kappa shape index (κ2) is 5.97. The largest absolute Gasteiger partial charge is 0.318 e. The van der Waals surface area contributed by atoms with Crippen molar-refractivity contribution in [1.29, 1.82) is 0 Å². The molecule has 0 bridgehead atoms. The molecule has 0 N–H and O–H groups in total. The van der Waals surface area contributed by atoms with Crippen molar-refractivity contribution in [3.8, 4) is 0 Å². The molecular weight excluding hydrogens is 385 g/mol. The van der Waals surface area contributed by atoms with Crippen LogP contribution in [0.2, 0.25) is 10.0 Å².